The quantitative estimate of drug-likeness (QED) is 0.646. The minimum atomic E-state index is -3.41. The van der Waals surface area contributed by atoms with E-state index >= 15 is 0 Å². The maximum atomic E-state index is 12.3. The molecule has 0 bridgehead atoms. The minimum Gasteiger partial charge on any atom is -0.319 e. The fraction of sp³-hybridized carbons (Fsp3) is 0.600. The van der Waals surface area contributed by atoms with Gasteiger partial charge < -0.3 is 5.32 Å². The summed E-state index contributed by atoms with van der Waals surface area (Å²) in [5, 5.41) is 3.08. The molecule has 0 saturated carbocycles. The second kappa shape index (κ2) is 9.46. The van der Waals surface area contributed by atoms with Crippen LogP contribution in [0.3, 0.4) is 0 Å². The molecule has 0 aliphatic carbocycles. The van der Waals surface area contributed by atoms with Crippen LogP contribution in [0.1, 0.15) is 25.8 Å². The Bertz CT molecular complexity index is 501. The molecule has 1 aromatic rings. The largest absolute Gasteiger partial charge is 0.319 e. The van der Waals surface area contributed by atoms with Crippen molar-refractivity contribution in [2.45, 2.75) is 37.6 Å². The first-order chi connectivity index (χ1) is 9.99. The molecule has 0 heterocycles. The Labute approximate surface area is 133 Å². The molecular weight excluding hydrogens is 304 g/mol. The standard InChI is InChI=1S/C15H26N2O2S2/c1-4-20-12-10-13(2)17-21(18,19)15-7-5-14(6-8-15)9-11-16-3/h5-8,13,16-17H,4,9-12H2,1-3H3. The van der Waals surface area contributed by atoms with Crippen molar-refractivity contribution in [1.82, 2.24) is 10.0 Å². The van der Waals surface area contributed by atoms with Gasteiger partial charge in [0.2, 0.25) is 10.0 Å². The Kier molecular flexibility index (Phi) is 8.33. The van der Waals surface area contributed by atoms with Gasteiger partial charge in [-0.15, -0.1) is 0 Å². The summed E-state index contributed by atoms with van der Waals surface area (Å²) < 4.78 is 27.3. The van der Waals surface area contributed by atoms with Crippen LogP contribution in [0.15, 0.2) is 29.2 Å². The first kappa shape index (κ1) is 18.5. The van der Waals surface area contributed by atoms with Crippen molar-refractivity contribution >= 4 is 21.8 Å². The molecule has 21 heavy (non-hydrogen) atoms. The second-order valence-corrected chi connectivity index (χ2v) is 8.11. The van der Waals surface area contributed by atoms with Crippen LogP contribution in [0, 0.1) is 0 Å². The Hall–Kier alpha value is -0.560. The molecule has 4 nitrogen and oxygen atoms in total. The predicted molar refractivity (Wildman–Crippen MR) is 91.5 cm³/mol. The SMILES string of the molecule is CCSCCC(C)NS(=O)(=O)c1ccc(CCNC)cc1. The van der Waals surface area contributed by atoms with Crippen molar-refractivity contribution in [2.75, 3.05) is 25.1 Å². The number of nitrogens with one attached hydrogen (secondary N) is 2. The third-order valence-corrected chi connectivity index (χ3v) is 5.69. The Morgan fingerprint density at radius 3 is 2.48 bits per heavy atom. The predicted octanol–water partition coefficient (Wildman–Crippen LogP) is 2.26. The highest BCUT2D eigenvalue weighted by atomic mass is 32.2. The monoisotopic (exact) mass is 330 g/mol. The number of hydrogen-bond acceptors (Lipinski definition) is 4. The average molecular weight is 331 g/mol. The van der Waals surface area contributed by atoms with Crippen LogP contribution in [-0.2, 0) is 16.4 Å². The maximum Gasteiger partial charge on any atom is 0.240 e. The summed E-state index contributed by atoms with van der Waals surface area (Å²) in [7, 11) is -1.51. The highest BCUT2D eigenvalue weighted by Crippen LogP contribution is 2.13. The van der Waals surface area contributed by atoms with E-state index in [4.69, 9.17) is 0 Å². The molecule has 0 spiro atoms. The number of hydrogen-bond donors (Lipinski definition) is 2. The highest BCUT2D eigenvalue weighted by molar-refractivity contribution is 7.99. The Morgan fingerprint density at radius 1 is 1.24 bits per heavy atom. The molecule has 0 fully saturated rings. The lowest BCUT2D eigenvalue weighted by atomic mass is 10.1. The van der Waals surface area contributed by atoms with Crippen LogP contribution in [-0.4, -0.2) is 39.6 Å². The van der Waals surface area contributed by atoms with Crippen LogP contribution in [0.25, 0.3) is 0 Å². The summed E-state index contributed by atoms with van der Waals surface area (Å²) in [4.78, 5) is 0.339. The summed E-state index contributed by atoms with van der Waals surface area (Å²) in [6.07, 6.45) is 1.74. The van der Waals surface area contributed by atoms with E-state index in [0.29, 0.717) is 4.90 Å². The molecule has 0 amide bonds. The van der Waals surface area contributed by atoms with Crippen LogP contribution in [0.4, 0.5) is 0 Å². The van der Waals surface area contributed by atoms with E-state index in [0.717, 1.165) is 36.5 Å². The van der Waals surface area contributed by atoms with E-state index < -0.39 is 10.0 Å². The third-order valence-electron chi connectivity index (χ3n) is 3.15. The summed E-state index contributed by atoms with van der Waals surface area (Å²) in [6, 6.07) is 7.08. The van der Waals surface area contributed by atoms with Gasteiger partial charge in [0.25, 0.3) is 0 Å². The van der Waals surface area contributed by atoms with Crippen LogP contribution in [0.2, 0.25) is 0 Å². The van der Waals surface area contributed by atoms with Gasteiger partial charge in [-0.1, -0.05) is 19.1 Å². The molecule has 1 atom stereocenters. The van der Waals surface area contributed by atoms with Crippen molar-refractivity contribution in [2.24, 2.45) is 0 Å². The molecule has 0 aromatic heterocycles. The fourth-order valence-electron chi connectivity index (χ4n) is 1.90. The zero-order valence-electron chi connectivity index (χ0n) is 13.1. The van der Waals surface area contributed by atoms with Gasteiger partial charge in [-0.25, -0.2) is 13.1 Å². The van der Waals surface area contributed by atoms with E-state index in [-0.39, 0.29) is 6.04 Å². The van der Waals surface area contributed by atoms with Crippen LogP contribution >= 0.6 is 11.8 Å². The van der Waals surface area contributed by atoms with Gasteiger partial charge in [0, 0.05) is 6.04 Å². The van der Waals surface area contributed by atoms with Gasteiger partial charge in [-0.05, 0) is 62.6 Å². The molecule has 6 heteroatoms. The lowest BCUT2D eigenvalue weighted by Gasteiger charge is -2.14. The molecule has 2 N–H and O–H groups in total. The Balaban J connectivity index is 2.61. The smallest absolute Gasteiger partial charge is 0.240 e. The molecule has 0 aliphatic heterocycles. The van der Waals surface area contributed by atoms with Gasteiger partial charge in [-0.3, -0.25) is 0 Å². The topological polar surface area (TPSA) is 58.2 Å². The van der Waals surface area contributed by atoms with Crippen molar-refractivity contribution < 1.29 is 8.42 Å². The molecular formula is C15H26N2O2S2. The van der Waals surface area contributed by atoms with Gasteiger partial charge in [0.1, 0.15) is 0 Å². The highest BCUT2D eigenvalue weighted by Gasteiger charge is 2.16. The first-order valence-electron chi connectivity index (χ1n) is 7.33. The average Bonchev–Trinajstić information content (AvgIpc) is 2.45. The molecule has 0 aliphatic rings. The number of benzene rings is 1. The first-order valence-corrected chi connectivity index (χ1v) is 9.97. The summed E-state index contributed by atoms with van der Waals surface area (Å²) in [5.41, 5.74) is 1.13. The van der Waals surface area contributed by atoms with Crippen molar-refractivity contribution in [3.05, 3.63) is 29.8 Å². The maximum absolute atomic E-state index is 12.3. The molecule has 1 rings (SSSR count). The molecule has 120 valence electrons. The molecule has 1 unspecified atom stereocenters. The fourth-order valence-corrected chi connectivity index (χ4v) is 3.99. The number of rotatable bonds is 10. The number of sulfonamides is 1. The lowest BCUT2D eigenvalue weighted by molar-refractivity contribution is 0.557. The van der Waals surface area contributed by atoms with Gasteiger partial charge in [0.15, 0.2) is 0 Å². The van der Waals surface area contributed by atoms with E-state index in [1.165, 1.54) is 0 Å². The van der Waals surface area contributed by atoms with Gasteiger partial charge >= 0.3 is 0 Å². The zero-order valence-corrected chi connectivity index (χ0v) is 14.7. The van der Waals surface area contributed by atoms with E-state index in [1.807, 2.05) is 37.9 Å². The lowest BCUT2D eigenvalue weighted by Crippen LogP contribution is -2.33. The van der Waals surface area contributed by atoms with Gasteiger partial charge in [0.05, 0.1) is 4.90 Å². The van der Waals surface area contributed by atoms with E-state index in [1.54, 1.807) is 12.1 Å². The second-order valence-electron chi connectivity index (χ2n) is 5.01. The van der Waals surface area contributed by atoms with E-state index in [2.05, 4.69) is 17.0 Å². The number of thioether (sulfide) groups is 1. The summed E-state index contributed by atoms with van der Waals surface area (Å²) in [5.74, 6) is 2.04. The van der Waals surface area contributed by atoms with Gasteiger partial charge in [-0.2, -0.15) is 11.8 Å². The Morgan fingerprint density at radius 2 is 1.90 bits per heavy atom. The third kappa shape index (κ3) is 6.82. The van der Waals surface area contributed by atoms with Crippen LogP contribution < -0.4 is 10.0 Å². The number of likely N-dealkylation sites (N-methyl/N-ethyl adjacent to an activating group) is 1. The van der Waals surface area contributed by atoms with Crippen molar-refractivity contribution in [3.63, 3.8) is 0 Å². The molecule has 0 saturated heterocycles. The van der Waals surface area contributed by atoms with Crippen molar-refractivity contribution in [1.29, 1.82) is 0 Å². The summed E-state index contributed by atoms with van der Waals surface area (Å²) in [6.45, 7) is 4.90. The molecule has 0 radical (unpaired) electrons. The van der Waals surface area contributed by atoms with E-state index in [9.17, 15) is 8.42 Å². The zero-order chi connectivity index (χ0) is 15.7. The summed E-state index contributed by atoms with van der Waals surface area (Å²) >= 11 is 1.83. The van der Waals surface area contributed by atoms with Crippen molar-refractivity contribution in [3.8, 4) is 0 Å². The molecule has 1 aromatic carbocycles. The van der Waals surface area contributed by atoms with Crippen LogP contribution in [0.5, 0.6) is 0 Å². The minimum absolute atomic E-state index is 0.0435. The normalized spacial score (nSPS) is 13.3.